The Hall–Kier alpha value is -2.64. The number of hydrogen-bond donors (Lipinski definition) is 0. The van der Waals surface area contributed by atoms with Crippen LogP contribution in [0.15, 0.2) is 48.5 Å². The molecule has 0 spiro atoms. The summed E-state index contributed by atoms with van der Waals surface area (Å²) >= 11 is 6.09. The summed E-state index contributed by atoms with van der Waals surface area (Å²) in [4.78, 5) is 30.0. The number of rotatable bonds is 6. The number of halogens is 2. The van der Waals surface area contributed by atoms with Crippen molar-refractivity contribution in [3.63, 3.8) is 0 Å². The fourth-order valence-corrected chi connectivity index (χ4v) is 4.70. The number of hydrogen-bond acceptors (Lipinski definition) is 4. The fourth-order valence-electron chi connectivity index (χ4n) is 4.51. The van der Waals surface area contributed by atoms with Gasteiger partial charge >= 0.3 is 0 Å². The summed E-state index contributed by atoms with van der Waals surface area (Å²) < 4.78 is 24.7. The van der Waals surface area contributed by atoms with Crippen molar-refractivity contribution < 1.29 is 23.5 Å². The highest BCUT2D eigenvalue weighted by Gasteiger charge is 2.41. The monoisotopic (exact) mass is 474 g/mol. The minimum Gasteiger partial charge on any atom is -0.493 e. The van der Waals surface area contributed by atoms with E-state index in [4.69, 9.17) is 21.1 Å². The summed E-state index contributed by atoms with van der Waals surface area (Å²) in [5, 5.41) is 0.506. The van der Waals surface area contributed by atoms with Crippen LogP contribution in [0.2, 0.25) is 5.02 Å². The van der Waals surface area contributed by atoms with Crippen molar-refractivity contribution in [1.29, 1.82) is 0 Å². The van der Waals surface area contributed by atoms with Crippen LogP contribution in [0.1, 0.15) is 29.6 Å². The number of morpholine rings is 1. The minimum absolute atomic E-state index is 0.0399. The molecule has 2 aliphatic rings. The minimum atomic E-state index is -0.545. The number of nitrogens with zero attached hydrogens (tertiary/aromatic N) is 2. The van der Waals surface area contributed by atoms with Gasteiger partial charge in [0.15, 0.2) is 0 Å². The van der Waals surface area contributed by atoms with Crippen molar-refractivity contribution in [2.24, 2.45) is 5.41 Å². The Morgan fingerprint density at radius 3 is 2.55 bits per heavy atom. The Morgan fingerprint density at radius 1 is 1.06 bits per heavy atom. The first-order valence-electron chi connectivity index (χ1n) is 11.2. The first kappa shape index (κ1) is 23.5. The number of likely N-dealkylation sites (tertiary alicyclic amines) is 1. The summed E-state index contributed by atoms with van der Waals surface area (Å²) in [7, 11) is 0. The van der Waals surface area contributed by atoms with Gasteiger partial charge in [-0.2, -0.15) is 0 Å². The maximum absolute atomic E-state index is 13.3. The number of piperidine rings is 1. The number of benzene rings is 2. The van der Waals surface area contributed by atoms with E-state index in [0.29, 0.717) is 55.7 Å². The molecule has 0 radical (unpaired) electrons. The average molecular weight is 475 g/mol. The molecule has 6 nitrogen and oxygen atoms in total. The third kappa shape index (κ3) is 6.03. The number of amides is 2. The molecule has 2 heterocycles. The number of carbonyl (C=O) groups is 2. The highest BCUT2D eigenvalue weighted by Crippen LogP contribution is 2.36. The molecule has 1 unspecified atom stereocenters. The van der Waals surface area contributed by atoms with Crippen LogP contribution in [0.4, 0.5) is 4.39 Å². The Labute approximate surface area is 198 Å². The zero-order chi connectivity index (χ0) is 23.3. The van der Waals surface area contributed by atoms with Crippen LogP contribution in [-0.2, 0) is 9.53 Å². The Morgan fingerprint density at radius 2 is 1.82 bits per heavy atom. The van der Waals surface area contributed by atoms with E-state index < -0.39 is 5.41 Å². The Balaban J connectivity index is 1.53. The molecular formula is C25H28ClFN2O4. The van der Waals surface area contributed by atoms with Crippen LogP contribution >= 0.6 is 11.6 Å². The largest absolute Gasteiger partial charge is 0.493 e. The first-order chi connectivity index (χ1) is 15.9. The van der Waals surface area contributed by atoms with Crippen molar-refractivity contribution in [1.82, 2.24) is 9.80 Å². The lowest BCUT2D eigenvalue weighted by atomic mass is 9.77. The summed E-state index contributed by atoms with van der Waals surface area (Å²) in [6.45, 7) is 3.46. The van der Waals surface area contributed by atoms with Gasteiger partial charge in [-0.3, -0.25) is 9.59 Å². The van der Waals surface area contributed by atoms with Crippen molar-refractivity contribution in [2.75, 3.05) is 46.0 Å². The molecule has 2 aliphatic heterocycles. The van der Waals surface area contributed by atoms with Crippen molar-refractivity contribution in [2.45, 2.75) is 19.3 Å². The summed E-state index contributed by atoms with van der Waals surface area (Å²) in [5.74, 6) is 0.128. The topological polar surface area (TPSA) is 59.1 Å². The van der Waals surface area contributed by atoms with Gasteiger partial charge in [-0.05, 0) is 55.3 Å². The SMILES string of the molecule is O=C(CC1(COc2ccc(F)cc2)CCCN(C(=O)c2cccc(Cl)c2)C1)N1CCOCC1. The molecule has 1 atom stereocenters. The molecule has 0 N–H and O–H groups in total. The van der Waals surface area contributed by atoms with Crippen molar-refractivity contribution in [3.8, 4) is 5.75 Å². The normalized spacial score (nSPS) is 21.0. The molecule has 0 saturated carbocycles. The molecule has 2 fully saturated rings. The lowest BCUT2D eigenvalue weighted by Gasteiger charge is -2.43. The second kappa shape index (κ2) is 10.5. The third-order valence-corrected chi connectivity index (χ3v) is 6.50. The molecule has 4 rings (SSSR count). The third-order valence-electron chi connectivity index (χ3n) is 6.27. The maximum atomic E-state index is 13.3. The zero-order valence-electron chi connectivity index (χ0n) is 18.5. The van der Waals surface area contributed by atoms with E-state index >= 15 is 0 Å². The highest BCUT2D eigenvalue weighted by atomic mass is 35.5. The predicted molar refractivity (Wildman–Crippen MR) is 123 cm³/mol. The van der Waals surface area contributed by atoms with Crippen LogP contribution in [0.5, 0.6) is 5.75 Å². The second-order valence-electron chi connectivity index (χ2n) is 8.75. The van der Waals surface area contributed by atoms with E-state index in [9.17, 15) is 14.0 Å². The molecular weight excluding hydrogens is 447 g/mol. The highest BCUT2D eigenvalue weighted by molar-refractivity contribution is 6.30. The van der Waals surface area contributed by atoms with Gasteiger partial charge in [-0.25, -0.2) is 4.39 Å². The first-order valence-corrected chi connectivity index (χ1v) is 11.6. The summed E-state index contributed by atoms with van der Waals surface area (Å²) in [6.07, 6.45) is 1.78. The van der Waals surface area contributed by atoms with E-state index in [1.54, 1.807) is 41.3 Å². The van der Waals surface area contributed by atoms with Crippen LogP contribution in [0.25, 0.3) is 0 Å². The van der Waals surface area contributed by atoms with Gasteiger partial charge in [0, 0.05) is 48.6 Å². The summed E-state index contributed by atoms with van der Waals surface area (Å²) in [5.41, 5.74) is -0.0201. The molecule has 8 heteroatoms. The Kier molecular flexibility index (Phi) is 7.50. The lowest BCUT2D eigenvalue weighted by Crippen LogP contribution is -2.52. The van der Waals surface area contributed by atoms with E-state index in [2.05, 4.69) is 0 Å². The summed E-state index contributed by atoms with van der Waals surface area (Å²) in [6, 6.07) is 12.7. The van der Waals surface area contributed by atoms with Gasteiger partial charge in [0.05, 0.1) is 19.8 Å². The molecule has 176 valence electrons. The van der Waals surface area contributed by atoms with E-state index in [-0.39, 0.29) is 30.7 Å². The molecule has 0 aromatic heterocycles. The second-order valence-corrected chi connectivity index (χ2v) is 9.19. The van der Waals surface area contributed by atoms with Crippen LogP contribution in [0.3, 0.4) is 0 Å². The maximum Gasteiger partial charge on any atom is 0.253 e. The molecule has 0 bridgehead atoms. The standard InChI is InChI=1S/C25H28ClFN2O4/c26-20-4-1-3-19(15-20)24(31)29-10-2-9-25(17-29,16-23(30)28-11-13-32-14-12-28)18-33-22-7-5-21(27)6-8-22/h1,3-8,15H,2,9-14,16-18H2. The van der Waals surface area contributed by atoms with Gasteiger partial charge in [0.25, 0.3) is 5.91 Å². The predicted octanol–water partition coefficient (Wildman–Crippen LogP) is 4.03. The number of ether oxygens (including phenoxy) is 2. The lowest BCUT2D eigenvalue weighted by molar-refractivity contribution is -0.139. The van der Waals surface area contributed by atoms with Gasteiger partial charge < -0.3 is 19.3 Å². The zero-order valence-corrected chi connectivity index (χ0v) is 19.2. The number of carbonyl (C=O) groups excluding carboxylic acids is 2. The molecule has 33 heavy (non-hydrogen) atoms. The van der Waals surface area contributed by atoms with Crippen LogP contribution < -0.4 is 4.74 Å². The smallest absolute Gasteiger partial charge is 0.253 e. The van der Waals surface area contributed by atoms with Gasteiger partial charge in [0.2, 0.25) is 5.91 Å². The average Bonchev–Trinajstić information content (AvgIpc) is 2.84. The fraction of sp³-hybridized carbons (Fsp3) is 0.440. The van der Waals surface area contributed by atoms with Gasteiger partial charge in [0.1, 0.15) is 11.6 Å². The quantitative estimate of drug-likeness (QED) is 0.634. The molecule has 2 aromatic rings. The van der Waals surface area contributed by atoms with E-state index in [0.717, 1.165) is 12.8 Å². The molecule has 0 aliphatic carbocycles. The van der Waals surface area contributed by atoms with Gasteiger partial charge in [-0.15, -0.1) is 0 Å². The molecule has 2 aromatic carbocycles. The molecule has 2 amide bonds. The molecule has 2 saturated heterocycles. The van der Waals surface area contributed by atoms with Crippen molar-refractivity contribution >= 4 is 23.4 Å². The Bertz CT molecular complexity index is 981. The van der Waals surface area contributed by atoms with Gasteiger partial charge in [-0.1, -0.05) is 17.7 Å². The van der Waals surface area contributed by atoms with Crippen molar-refractivity contribution in [3.05, 3.63) is 64.9 Å². The van der Waals surface area contributed by atoms with E-state index in [1.807, 2.05) is 4.90 Å². The van der Waals surface area contributed by atoms with Crippen LogP contribution in [0, 0.1) is 11.2 Å². The van der Waals surface area contributed by atoms with Crippen LogP contribution in [-0.4, -0.2) is 67.6 Å². The van der Waals surface area contributed by atoms with E-state index in [1.165, 1.54) is 12.1 Å².